The molecule has 0 nitrogen and oxygen atoms in total. The average molecular weight is 258 g/mol. The maximum atomic E-state index is 4.38. The summed E-state index contributed by atoms with van der Waals surface area (Å²) in [6, 6.07) is 0. The normalized spacial score (nSPS) is 30.9. The third-order valence-electron chi connectivity index (χ3n) is 5.24. The van der Waals surface area contributed by atoms with Gasteiger partial charge in [-0.15, -0.1) is 6.58 Å². The molecule has 1 saturated carbocycles. The maximum Gasteiger partial charge on any atom is -0.00219 e. The highest BCUT2D eigenvalue weighted by Crippen LogP contribution is 2.60. The topological polar surface area (TPSA) is 0 Å². The Labute approximate surface area is 120 Å². The molecule has 0 spiro atoms. The monoisotopic (exact) mass is 258 g/mol. The van der Waals surface area contributed by atoms with E-state index in [0.29, 0.717) is 5.41 Å². The standard InChI is InChI=1S/C19H30/c1-8-10-17(15(3)4)14-19(7)16(5)11-13-18(19,6)12-9-2/h8-10H,2,5,11-14H2,1,3-4,6-7H3/b10-8-. The van der Waals surface area contributed by atoms with Crippen LogP contribution in [-0.4, -0.2) is 0 Å². The van der Waals surface area contributed by atoms with Crippen molar-refractivity contribution in [2.24, 2.45) is 10.8 Å². The lowest BCUT2D eigenvalue weighted by Gasteiger charge is -2.42. The molecule has 0 radical (unpaired) electrons. The fourth-order valence-electron chi connectivity index (χ4n) is 3.37. The van der Waals surface area contributed by atoms with Gasteiger partial charge in [0.15, 0.2) is 0 Å². The van der Waals surface area contributed by atoms with E-state index in [-0.39, 0.29) is 5.41 Å². The van der Waals surface area contributed by atoms with E-state index in [1.165, 1.54) is 23.1 Å². The van der Waals surface area contributed by atoms with Gasteiger partial charge in [-0.25, -0.2) is 0 Å². The van der Waals surface area contributed by atoms with Crippen LogP contribution in [0.1, 0.15) is 60.3 Å². The second-order valence-electron chi connectivity index (χ2n) is 6.69. The first-order valence-corrected chi connectivity index (χ1v) is 7.39. The fraction of sp³-hybridized carbons (Fsp3) is 0.579. The number of hydrogen-bond acceptors (Lipinski definition) is 0. The molecule has 0 N–H and O–H groups in total. The Hall–Kier alpha value is -1.04. The molecule has 0 amide bonds. The van der Waals surface area contributed by atoms with Crippen LogP contribution >= 0.6 is 0 Å². The Balaban J connectivity index is 3.15. The van der Waals surface area contributed by atoms with Crippen molar-refractivity contribution in [1.29, 1.82) is 0 Å². The van der Waals surface area contributed by atoms with E-state index in [1.807, 2.05) is 0 Å². The van der Waals surface area contributed by atoms with Gasteiger partial charge in [0.05, 0.1) is 0 Å². The first kappa shape index (κ1) is 16.0. The number of allylic oxidation sites excluding steroid dienone is 6. The molecule has 1 aliphatic rings. The molecule has 106 valence electrons. The lowest BCUT2D eigenvalue weighted by atomic mass is 9.62. The van der Waals surface area contributed by atoms with Crippen molar-refractivity contribution in [2.75, 3.05) is 0 Å². The summed E-state index contributed by atoms with van der Waals surface area (Å²) in [5.41, 5.74) is 4.78. The summed E-state index contributed by atoms with van der Waals surface area (Å²) in [6.07, 6.45) is 11.1. The zero-order chi connectivity index (χ0) is 14.7. The summed E-state index contributed by atoms with van der Waals surface area (Å²) in [7, 11) is 0. The largest absolute Gasteiger partial charge is 0.103 e. The molecule has 2 atom stereocenters. The Morgan fingerprint density at radius 2 is 1.95 bits per heavy atom. The highest BCUT2D eigenvalue weighted by Gasteiger charge is 2.49. The molecule has 2 unspecified atom stereocenters. The molecule has 0 heterocycles. The Kier molecular flexibility index (Phi) is 5.01. The van der Waals surface area contributed by atoms with Crippen molar-refractivity contribution in [3.63, 3.8) is 0 Å². The predicted molar refractivity (Wildman–Crippen MR) is 87.2 cm³/mol. The summed E-state index contributed by atoms with van der Waals surface area (Å²) in [5.74, 6) is 0. The molecule has 0 aromatic carbocycles. The zero-order valence-corrected chi connectivity index (χ0v) is 13.5. The van der Waals surface area contributed by atoms with E-state index < -0.39 is 0 Å². The molecule has 1 aliphatic carbocycles. The molecule has 0 bridgehead atoms. The molecule has 19 heavy (non-hydrogen) atoms. The van der Waals surface area contributed by atoms with Crippen molar-refractivity contribution in [3.8, 4) is 0 Å². The molecule has 0 aromatic rings. The lowest BCUT2D eigenvalue weighted by Crippen LogP contribution is -2.33. The lowest BCUT2D eigenvalue weighted by molar-refractivity contribution is 0.144. The van der Waals surface area contributed by atoms with Crippen LogP contribution in [0, 0.1) is 10.8 Å². The third-order valence-corrected chi connectivity index (χ3v) is 5.24. The van der Waals surface area contributed by atoms with Crippen LogP contribution in [0.4, 0.5) is 0 Å². The van der Waals surface area contributed by atoms with Crippen molar-refractivity contribution in [1.82, 2.24) is 0 Å². The van der Waals surface area contributed by atoms with Gasteiger partial charge in [-0.1, -0.05) is 49.8 Å². The second kappa shape index (κ2) is 5.94. The van der Waals surface area contributed by atoms with Crippen LogP contribution in [-0.2, 0) is 0 Å². The van der Waals surface area contributed by atoms with Crippen LogP contribution in [0.5, 0.6) is 0 Å². The highest BCUT2D eigenvalue weighted by atomic mass is 14.5. The zero-order valence-electron chi connectivity index (χ0n) is 13.5. The van der Waals surface area contributed by atoms with E-state index in [2.05, 4.69) is 66.0 Å². The Bertz CT molecular complexity index is 417. The van der Waals surface area contributed by atoms with E-state index in [0.717, 1.165) is 19.3 Å². The quantitative estimate of drug-likeness (QED) is 0.405. The predicted octanol–water partition coefficient (Wildman–Crippen LogP) is 6.23. The van der Waals surface area contributed by atoms with E-state index in [4.69, 9.17) is 0 Å². The third kappa shape index (κ3) is 2.94. The van der Waals surface area contributed by atoms with Crippen LogP contribution in [0.25, 0.3) is 0 Å². The average Bonchev–Trinajstić information content (AvgIpc) is 2.54. The molecule has 0 heteroatoms. The molecule has 0 aliphatic heterocycles. The summed E-state index contributed by atoms with van der Waals surface area (Å²) in [4.78, 5) is 0. The smallest absolute Gasteiger partial charge is 0.00219 e. The number of rotatable bonds is 5. The van der Waals surface area contributed by atoms with Crippen LogP contribution < -0.4 is 0 Å². The van der Waals surface area contributed by atoms with Gasteiger partial charge in [-0.05, 0) is 62.9 Å². The molecular formula is C19H30. The van der Waals surface area contributed by atoms with Gasteiger partial charge < -0.3 is 0 Å². The first-order chi connectivity index (χ1) is 8.80. The molecule has 0 aromatic heterocycles. The van der Waals surface area contributed by atoms with Gasteiger partial charge in [0.25, 0.3) is 0 Å². The van der Waals surface area contributed by atoms with Crippen molar-refractivity contribution in [3.05, 3.63) is 48.1 Å². The van der Waals surface area contributed by atoms with Crippen molar-refractivity contribution >= 4 is 0 Å². The van der Waals surface area contributed by atoms with Crippen LogP contribution in [0.3, 0.4) is 0 Å². The second-order valence-corrected chi connectivity index (χ2v) is 6.69. The minimum atomic E-state index is 0.188. The van der Waals surface area contributed by atoms with Gasteiger partial charge in [-0.2, -0.15) is 0 Å². The highest BCUT2D eigenvalue weighted by molar-refractivity contribution is 5.32. The van der Waals surface area contributed by atoms with Gasteiger partial charge in [0, 0.05) is 0 Å². The van der Waals surface area contributed by atoms with E-state index >= 15 is 0 Å². The van der Waals surface area contributed by atoms with Crippen molar-refractivity contribution in [2.45, 2.75) is 60.3 Å². The minimum absolute atomic E-state index is 0.188. The first-order valence-electron chi connectivity index (χ1n) is 7.39. The summed E-state index contributed by atoms with van der Waals surface area (Å²) < 4.78 is 0. The van der Waals surface area contributed by atoms with Gasteiger partial charge in [0.2, 0.25) is 0 Å². The van der Waals surface area contributed by atoms with E-state index in [1.54, 1.807) is 0 Å². The van der Waals surface area contributed by atoms with Crippen molar-refractivity contribution < 1.29 is 0 Å². The van der Waals surface area contributed by atoms with Gasteiger partial charge in [-0.3, -0.25) is 0 Å². The van der Waals surface area contributed by atoms with Crippen LogP contribution in [0.2, 0.25) is 0 Å². The fourth-order valence-corrected chi connectivity index (χ4v) is 3.37. The van der Waals surface area contributed by atoms with Gasteiger partial charge >= 0.3 is 0 Å². The SMILES string of the molecule is C=CCC1(C)CCC(=C)C1(C)CC(/C=C\C)=C(C)C. The Morgan fingerprint density at radius 3 is 2.42 bits per heavy atom. The summed E-state index contributed by atoms with van der Waals surface area (Å²) in [6.45, 7) is 19.7. The summed E-state index contributed by atoms with van der Waals surface area (Å²) >= 11 is 0. The molecular weight excluding hydrogens is 228 g/mol. The van der Waals surface area contributed by atoms with E-state index in [9.17, 15) is 0 Å². The minimum Gasteiger partial charge on any atom is -0.103 e. The van der Waals surface area contributed by atoms with Gasteiger partial charge in [0.1, 0.15) is 0 Å². The molecule has 0 saturated heterocycles. The van der Waals surface area contributed by atoms with Crippen LogP contribution in [0.15, 0.2) is 48.1 Å². The molecule has 1 fully saturated rings. The summed E-state index contributed by atoms with van der Waals surface area (Å²) in [5, 5.41) is 0. The molecule has 1 rings (SSSR count). The number of hydrogen-bond donors (Lipinski definition) is 0. The maximum absolute atomic E-state index is 4.38. The Morgan fingerprint density at radius 1 is 1.32 bits per heavy atom.